The van der Waals surface area contributed by atoms with Gasteiger partial charge in [0.05, 0.1) is 0 Å². The van der Waals surface area contributed by atoms with E-state index in [2.05, 4.69) is 5.32 Å². The van der Waals surface area contributed by atoms with E-state index in [1.54, 1.807) is 25.1 Å². The average molecular weight is 302 g/mol. The van der Waals surface area contributed by atoms with Gasteiger partial charge in [0, 0.05) is 16.6 Å². The van der Waals surface area contributed by atoms with Crippen LogP contribution in [0.1, 0.15) is 11.1 Å². The SMILES string of the molecule is Cc1ccc(F)c(NCc2cc(Cl)ccc2Cl)c1F. The molecule has 0 saturated heterocycles. The van der Waals surface area contributed by atoms with Crippen molar-refractivity contribution in [1.29, 1.82) is 0 Å². The minimum Gasteiger partial charge on any atom is -0.376 e. The monoisotopic (exact) mass is 301 g/mol. The van der Waals surface area contributed by atoms with Crippen molar-refractivity contribution < 1.29 is 8.78 Å². The molecule has 0 heterocycles. The molecular weight excluding hydrogens is 291 g/mol. The molecule has 0 amide bonds. The summed E-state index contributed by atoms with van der Waals surface area (Å²) in [6.07, 6.45) is 0. The summed E-state index contributed by atoms with van der Waals surface area (Å²) in [6, 6.07) is 7.57. The molecule has 100 valence electrons. The highest BCUT2D eigenvalue weighted by Crippen LogP contribution is 2.25. The van der Waals surface area contributed by atoms with Crippen LogP contribution in [0.3, 0.4) is 0 Å². The Balaban J connectivity index is 2.24. The average Bonchev–Trinajstić information content (AvgIpc) is 2.38. The molecule has 19 heavy (non-hydrogen) atoms. The fourth-order valence-corrected chi connectivity index (χ4v) is 2.06. The minimum absolute atomic E-state index is 0.156. The summed E-state index contributed by atoms with van der Waals surface area (Å²) in [5.41, 5.74) is 0.895. The Morgan fingerprint density at radius 1 is 1.11 bits per heavy atom. The third-order valence-electron chi connectivity index (χ3n) is 2.75. The molecule has 0 atom stereocenters. The van der Waals surface area contributed by atoms with E-state index in [0.29, 0.717) is 21.2 Å². The molecule has 0 aliphatic rings. The second-order valence-corrected chi connectivity index (χ2v) is 4.99. The summed E-state index contributed by atoms with van der Waals surface area (Å²) < 4.78 is 27.3. The summed E-state index contributed by atoms with van der Waals surface area (Å²) in [7, 11) is 0. The van der Waals surface area contributed by atoms with Crippen LogP contribution in [-0.2, 0) is 6.54 Å². The molecule has 2 aromatic carbocycles. The second kappa shape index (κ2) is 5.76. The molecule has 0 spiro atoms. The molecule has 0 fully saturated rings. The highest BCUT2D eigenvalue weighted by atomic mass is 35.5. The summed E-state index contributed by atoms with van der Waals surface area (Å²) >= 11 is 11.8. The lowest BCUT2D eigenvalue weighted by molar-refractivity contribution is 0.582. The van der Waals surface area contributed by atoms with Crippen molar-refractivity contribution >= 4 is 28.9 Å². The first-order valence-electron chi connectivity index (χ1n) is 5.61. The van der Waals surface area contributed by atoms with Crippen LogP contribution in [0.15, 0.2) is 30.3 Å². The van der Waals surface area contributed by atoms with Gasteiger partial charge in [-0.3, -0.25) is 0 Å². The molecule has 1 N–H and O–H groups in total. The summed E-state index contributed by atoms with van der Waals surface area (Å²) in [4.78, 5) is 0. The van der Waals surface area contributed by atoms with Gasteiger partial charge < -0.3 is 5.32 Å². The van der Waals surface area contributed by atoms with Crippen molar-refractivity contribution in [3.05, 3.63) is 63.1 Å². The van der Waals surface area contributed by atoms with Crippen molar-refractivity contribution in [2.24, 2.45) is 0 Å². The molecule has 0 bridgehead atoms. The lowest BCUT2D eigenvalue weighted by atomic mass is 10.1. The largest absolute Gasteiger partial charge is 0.376 e. The minimum atomic E-state index is -0.638. The third kappa shape index (κ3) is 3.17. The highest BCUT2D eigenvalue weighted by molar-refractivity contribution is 6.33. The first-order valence-corrected chi connectivity index (χ1v) is 6.37. The van der Waals surface area contributed by atoms with Gasteiger partial charge in [0.15, 0.2) is 5.82 Å². The van der Waals surface area contributed by atoms with Crippen LogP contribution in [0.4, 0.5) is 14.5 Å². The van der Waals surface area contributed by atoms with Crippen LogP contribution in [0.2, 0.25) is 10.0 Å². The Bertz CT molecular complexity index is 615. The van der Waals surface area contributed by atoms with Gasteiger partial charge in [-0.1, -0.05) is 29.3 Å². The number of halogens is 4. The smallest absolute Gasteiger partial charge is 0.152 e. The van der Waals surface area contributed by atoms with Gasteiger partial charge in [0.1, 0.15) is 11.5 Å². The quantitative estimate of drug-likeness (QED) is 0.822. The fourth-order valence-electron chi connectivity index (χ4n) is 1.68. The number of hydrogen-bond donors (Lipinski definition) is 1. The maximum Gasteiger partial charge on any atom is 0.152 e. The number of anilines is 1. The number of aryl methyl sites for hydroxylation is 1. The van der Waals surface area contributed by atoms with E-state index in [-0.39, 0.29) is 12.2 Å². The van der Waals surface area contributed by atoms with Crippen LogP contribution in [-0.4, -0.2) is 0 Å². The molecule has 0 radical (unpaired) electrons. The van der Waals surface area contributed by atoms with Crippen molar-refractivity contribution in [3.63, 3.8) is 0 Å². The molecule has 0 saturated carbocycles. The predicted octanol–water partition coefficient (Wildman–Crippen LogP) is 5.19. The van der Waals surface area contributed by atoms with E-state index in [4.69, 9.17) is 23.2 Å². The Labute approximate surface area is 120 Å². The predicted molar refractivity (Wildman–Crippen MR) is 74.9 cm³/mol. The van der Waals surface area contributed by atoms with Gasteiger partial charge in [-0.15, -0.1) is 0 Å². The zero-order valence-electron chi connectivity index (χ0n) is 10.1. The summed E-state index contributed by atoms with van der Waals surface area (Å²) in [5.74, 6) is -1.24. The number of hydrogen-bond acceptors (Lipinski definition) is 1. The first-order chi connectivity index (χ1) is 8.99. The summed E-state index contributed by atoms with van der Waals surface area (Å²) in [5, 5.41) is 3.72. The van der Waals surface area contributed by atoms with Gasteiger partial charge in [-0.2, -0.15) is 0 Å². The van der Waals surface area contributed by atoms with Crippen LogP contribution < -0.4 is 5.32 Å². The lowest BCUT2D eigenvalue weighted by Gasteiger charge is -2.11. The lowest BCUT2D eigenvalue weighted by Crippen LogP contribution is -2.05. The second-order valence-electron chi connectivity index (χ2n) is 4.14. The third-order valence-corrected chi connectivity index (χ3v) is 3.35. The normalized spacial score (nSPS) is 10.6. The molecule has 0 unspecified atom stereocenters. The Hall–Kier alpha value is -1.32. The molecule has 5 heteroatoms. The van der Waals surface area contributed by atoms with Crippen molar-refractivity contribution in [1.82, 2.24) is 0 Å². The van der Waals surface area contributed by atoms with E-state index in [0.717, 1.165) is 0 Å². The summed E-state index contributed by atoms with van der Waals surface area (Å²) in [6.45, 7) is 1.77. The van der Waals surface area contributed by atoms with E-state index in [9.17, 15) is 8.78 Å². The zero-order valence-corrected chi connectivity index (χ0v) is 11.6. The van der Waals surface area contributed by atoms with Gasteiger partial charge in [-0.05, 0) is 42.3 Å². The number of rotatable bonds is 3. The van der Waals surface area contributed by atoms with E-state index in [1.165, 1.54) is 12.1 Å². The zero-order chi connectivity index (χ0) is 14.0. The fraction of sp³-hybridized carbons (Fsp3) is 0.143. The molecule has 0 aromatic heterocycles. The van der Waals surface area contributed by atoms with Crippen LogP contribution >= 0.6 is 23.2 Å². The number of nitrogens with one attached hydrogen (secondary N) is 1. The molecule has 2 aromatic rings. The van der Waals surface area contributed by atoms with Gasteiger partial charge in [-0.25, -0.2) is 8.78 Å². The molecule has 0 aliphatic heterocycles. The Kier molecular flexibility index (Phi) is 4.27. The maximum atomic E-state index is 13.8. The molecule has 0 aliphatic carbocycles. The van der Waals surface area contributed by atoms with Gasteiger partial charge in [0.25, 0.3) is 0 Å². The Morgan fingerprint density at radius 3 is 2.58 bits per heavy atom. The van der Waals surface area contributed by atoms with Crippen LogP contribution in [0.25, 0.3) is 0 Å². The van der Waals surface area contributed by atoms with Crippen LogP contribution in [0, 0.1) is 18.6 Å². The highest BCUT2D eigenvalue weighted by Gasteiger charge is 2.11. The van der Waals surface area contributed by atoms with E-state index in [1.807, 2.05) is 0 Å². The molecular formula is C14H11Cl2F2N. The molecule has 1 nitrogen and oxygen atoms in total. The Morgan fingerprint density at radius 2 is 1.84 bits per heavy atom. The first kappa shape index (κ1) is 14.1. The van der Waals surface area contributed by atoms with Gasteiger partial charge in [0.2, 0.25) is 0 Å². The van der Waals surface area contributed by atoms with E-state index < -0.39 is 11.6 Å². The maximum absolute atomic E-state index is 13.8. The standard InChI is InChI=1S/C14H11Cl2F2N/c1-8-2-5-12(17)14(13(8)18)19-7-9-6-10(15)3-4-11(9)16/h2-6,19H,7H2,1H3. The van der Waals surface area contributed by atoms with E-state index >= 15 is 0 Å². The van der Waals surface area contributed by atoms with Crippen molar-refractivity contribution in [2.45, 2.75) is 13.5 Å². The van der Waals surface area contributed by atoms with Crippen molar-refractivity contribution in [2.75, 3.05) is 5.32 Å². The van der Waals surface area contributed by atoms with Crippen LogP contribution in [0.5, 0.6) is 0 Å². The van der Waals surface area contributed by atoms with Gasteiger partial charge >= 0.3 is 0 Å². The number of benzene rings is 2. The topological polar surface area (TPSA) is 12.0 Å². The molecule has 2 rings (SSSR count). The van der Waals surface area contributed by atoms with Crippen molar-refractivity contribution in [3.8, 4) is 0 Å².